The Morgan fingerprint density at radius 1 is 1.17 bits per heavy atom. The smallest absolute Gasteiger partial charge is 0.213 e. The molecule has 0 aromatic rings. The molecular formula is H5InN3OP-3. The van der Waals surface area contributed by atoms with Gasteiger partial charge in [-0.1, -0.05) is 0 Å². The summed E-state index contributed by atoms with van der Waals surface area (Å²) in [6.07, 6.45) is 0. The van der Waals surface area contributed by atoms with Gasteiger partial charge in [0, 0.05) is 0 Å². The Bertz CT molecular complexity index is 56.9. The van der Waals surface area contributed by atoms with E-state index < -0.39 is 7.59 Å². The quantitative estimate of drug-likeness (QED) is 0.553. The molecule has 6 heavy (non-hydrogen) atoms. The van der Waals surface area contributed by atoms with Gasteiger partial charge in [0.2, 0.25) is 0 Å². The van der Waals surface area contributed by atoms with Gasteiger partial charge in [-0.3, -0.25) is 0 Å². The molecule has 0 atom stereocenters. The maximum absolute atomic E-state index is 9.22. The van der Waals surface area contributed by atoms with E-state index in [1.54, 1.807) is 0 Å². The average molecular weight is 209 g/mol. The van der Waals surface area contributed by atoms with Crippen LogP contribution >= 0.6 is 7.59 Å². The van der Waals surface area contributed by atoms with Gasteiger partial charge < -0.3 is 21.1 Å². The zero-order valence-corrected chi connectivity index (χ0v) is 9.96. The van der Waals surface area contributed by atoms with Crippen molar-refractivity contribution in [2.45, 2.75) is 0 Å². The standard InChI is InChI=1S/In.H3N3OP.2H/c;1-5(2,3)4;;/h;(H3-3,1,2,3,4);;/q;-3;;. The number of nitrogens with one attached hydrogen (secondary N) is 3. The Hall–Kier alpha value is 0.980. The summed E-state index contributed by atoms with van der Waals surface area (Å²) in [5.74, 6) is 0. The molecular weight excluding hydrogens is 204 g/mol. The van der Waals surface area contributed by atoms with E-state index in [1.165, 1.54) is 0 Å². The third kappa shape index (κ3) is 82.1. The summed E-state index contributed by atoms with van der Waals surface area (Å²) in [6.45, 7) is 0. The van der Waals surface area contributed by atoms with Gasteiger partial charge in [0.25, 0.3) is 0 Å². The molecule has 0 aliphatic heterocycles. The van der Waals surface area contributed by atoms with Crippen LogP contribution in [0.3, 0.4) is 0 Å². The van der Waals surface area contributed by atoms with Crippen molar-refractivity contribution in [1.82, 2.24) is 0 Å². The third-order valence-electron chi connectivity index (χ3n) is 0. The van der Waals surface area contributed by atoms with Crippen LogP contribution in [0.25, 0.3) is 16.5 Å². The fourth-order valence-corrected chi connectivity index (χ4v) is 0. The molecule has 37 valence electrons. The normalized spacial score (nSPS) is 9.83. The number of hydrogen-bond acceptors (Lipinski definition) is 1. The van der Waals surface area contributed by atoms with E-state index in [2.05, 4.69) is 0 Å². The Labute approximate surface area is 54.8 Å². The van der Waals surface area contributed by atoms with Crippen molar-refractivity contribution < 1.29 is 4.57 Å². The molecule has 0 bridgehead atoms. The van der Waals surface area contributed by atoms with E-state index in [0.717, 1.165) is 0 Å². The third-order valence-corrected chi connectivity index (χ3v) is 0. The molecule has 0 heterocycles. The van der Waals surface area contributed by atoms with Gasteiger partial charge in [-0.05, 0) is 0 Å². The largest absolute Gasteiger partial charge is 0.652 e. The molecule has 0 fully saturated rings. The van der Waals surface area contributed by atoms with Gasteiger partial charge in [0.05, 0.1) is 0 Å². The van der Waals surface area contributed by atoms with Crippen molar-refractivity contribution in [3.05, 3.63) is 16.5 Å². The first-order valence-corrected chi connectivity index (χ1v) is 2.56. The van der Waals surface area contributed by atoms with Crippen molar-refractivity contribution in [3.8, 4) is 0 Å². The predicted molar refractivity (Wildman–Crippen MR) is 29.1 cm³/mol. The average Bonchev–Trinajstić information content (AvgIpc) is 0.722. The molecule has 0 aromatic heterocycles. The van der Waals surface area contributed by atoms with Crippen molar-refractivity contribution >= 4 is 33.4 Å². The van der Waals surface area contributed by atoms with E-state index in [4.69, 9.17) is 16.5 Å². The van der Waals surface area contributed by atoms with Crippen molar-refractivity contribution in [2.24, 2.45) is 0 Å². The van der Waals surface area contributed by atoms with Crippen molar-refractivity contribution in [3.63, 3.8) is 0 Å². The second-order valence-electron chi connectivity index (χ2n) is 0.609. The van der Waals surface area contributed by atoms with E-state index in [1.807, 2.05) is 0 Å². The molecule has 3 N–H and O–H groups in total. The predicted octanol–water partition coefficient (Wildman–Crippen LogP) is 1.33. The number of hydrogen-bond donors (Lipinski definition) is 0. The van der Waals surface area contributed by atoms with Crippen LogP contribution in [0.15, 0.2) is 0 Å². The van der Waals surface area contributed by atoms with Crippen LogP contribution in [0.4, 0.5) is 0 Å². The summed E-state index contributed by atoms with van der Waals surface area (Å²) >= 11 is 0. The van der Waals surface area contributed by atoms with Gasteiger partial charge in [0.15, 0.2) is 0 Å². The van der Waals surface area contributed by atoms with Gasteiger partial charge in [-0.2, -0.15) is 0 Å². The molecule has 1 radical (unpaired) electrons. The molecule has 4 nitrogen and oxygen atoms in total. The molecule has 0 spiro atoms. The van der Waals surface area contributed by atoms with Crippen LogP contribution < -0.4 is 0 Å². The van der Waals surface area contributed by atoms with E-state index >= 15 is 0 Å². The van der Waals surface area contributed by atoms with Gasteiger partial charge in [-0.25, -0.2) is 7.59 Å². The van der Waals surface area contributed by atoms with Crippen LogP contribution in [0.2, 0.25) is 0 Å². The second-order valence-corrected chi connectivity index (χ2v) is 1.83. The van der Waals surface area contributed by atoms with Crippen LogP contribution in [-0.4, -0.2) is 25.8 Å². The van der Waals surface area contributed by atoms with Gasteiger partial charge in [-0.15, -0.1) is 0 Å². The summed E-state index contributed by atoms with van der Waals surface area (Å²) in [7, 11) is -3.89. The van der Waals surface area contributed by atoms with Crippen LogP contribution in [0, 0.1) is 0 Å². The fourth-order valence-electron chi connectivity index (χ4n) is 0. The zero-order valence-electron chi connectivity index (χ0n) is 3.36. The monoisotopic (exact) mass is 209 g/mol. The summed E-state index contributed by atoms with van der Waals surface area (Å²) in [5, 5.41) is 0. The second kappa shape index (κ2) is 3.04. The van der Waals surface area contributed by atoms with Crippen LogP contribution in [0.1, 0.15) is 0 Å². The maximum atomic E-state index is 9.22. The maximum Gasteiger partial charge on any atom is -0.213 e. The van der Waals surface area contributed by atoms with E-state index in [0.29, 0.717) is 0 Å². The van der Waals surface area contributed by atoms with Crippen molar-refractivity contribution in [1.29, 1.82) is 0 Å². The minimum atomic E-state index is -3.89. The van der Waals surface area contributed by atoms with Crippen molar-refractivity contribution in [2.75, 3.05) is 0 Å². The van der Waals surface area contributed by atoms with E-state index in [-0.39, 0.29) is 25.8 Å². The molecule has 0 saturated heterocycles. The summed E-state index contributed by atoms with van der Waals surface area (Å²) in [5.41, 5.74) is 17.5. The molecule has 0 aliphatic rings. The van der Waals surface area contributed by atoms with Gasteiger partial charge >= 0.3 is 25.8 Å². The Balaban J connectivity index is 0. The molecule has 0 saturated carbocycles. The van der Waals surface area contributed by atoms with Crippen LogP contribution in [-0.2, 0) is 4.57 Å². The first kappa shape index (κ1) is 10.1. The number of rotatable bonds is 0. The Kier molecular flexibility index (Phi) is 5.11. The van der Waals surface area contributed by atoms with E-state index in [9.17, 15) is 4.57 Å². The molecule has 0 aromatic carbocycles. The zero-order chi connectivity index (χ0) is 4.50. The molecule has 0 amide bonds. The Morgan fingerprint density at radius 2 is 1.17 bits per heavy atom. The molecule has 0 rings (SSSR count). The summed E-state index contributed by atoms with van der Waals surface area (Å²) in [4.78, 5) is 0. The van der Waals surface area contributed by atoms with Crippen LogP contribution in [0.5, 0.6) is 0 Å². The molecule has 6 heteroatoms. The van der Waals surface area contributed by atoms with Gasteiger partial charge in [0.1, 0.15) is 0 Å². The summed E-state index contributed by atoms with van der Waals surface area (Å²) < 4.78 is 9.22. The minimum Gasteiger partial charge on any atom is -0.652 e. The Morgan fingerprint density at radius 3 is 1.17 bits per heavy atom. The SMILES string of the molecule is [InH2].[NH-]P([NH-])([NH-])=O. The molecule has 0 unspecified atom stereocenters. The fraction of sp³-hybridized carbons (Fsp3) is 0. The topological polar surface area (TPSA) is 88.5 Å². The molecule has 0 aliphatic carbocycles. The minimum absolute atomic E-state index is 0. The first-order chi connectivity index (χ1) is 2.00. The summed E-state index contributed by atoms with van der Waals surface area (Å²) in [6, 6.07) is 0. The first-order valence-electron chi connectivity index (χ1n) is 0.853.